The van der Waals surface area contributed by atoms with Crippen LogP contribution in [0.2, 0.25) is 0 Å². The molecule has 70 valence electrons. The van der Waals surface area contributed by atoms with Crippen molar-refractivity contribution in [1.82, 2.24) is 0 Å². The van der Waals surface area contributed by atoms with Crippen LogP contribution in [0.1, 0.15) is 11.1 Å². The second-order valence-corrected chi connectivity index (χ2v) is 3.30. The van der Waals surface area contributed by atoms with Crippen molar-refractivity contribution >= 4 is 22.0 Å². The molecule has 0 aliphatic heterocycles. The number of hydrogen-bond donors (Lipinski definition) is 0. The fraction of sp³-hybridized carbons (Fsp3) is 0.111. The van der Waals surface area contributed by atoms with Crippen molar-refractivity contribution in [3.05, 3.63) is 40.4 Å². The van der Waals surface area contributed by atoms with Crippen LogP contribution in [0.3, 0.4) is 0 Å². The topological polar surface area (TPSA) is 0 Å². The minimum absolute atomic E-state index is 0.0469. The van der Waals surface area contributed by atoms with Crippen LogP contribution in [0.5, 0.6) is 0 Å². The molecule has 0 amide bonds. The SMILES string of the molecule is C=Cc1ccc(Br)c(C(F)(F)F)c1. The van der Waals surface area contributed by atoms with E-state index in [-0.39, 0.29) is 4.47 Å². The lowest BCUT2D eigenvalue weighted by atomic mass is 10.1. The molecular formula is C9H6BrF3. The van der Waals surface area contributed by atoms with Gasteiger partial charge in [0.1, 0.15) is 0 Å². The lowest BCUT2D eigenvalue weighted by Crippen LogP contribution is -2.06. The van der Waals surface area contributed by atoms with Gasteiger partial charge in [-0.1, -0.05) is 34.7 Å². The predicted octanol–water partition coefficient (Wildman–Crippen LogP) is 4.11. The first-order valence-electron chi connectivity index (χ1n) is 3.44. The van der Waals surface area contributed by atoms with Gasteiger partial charge in [-0.25, -0.2) is 0 Å². The van der Waals surface area contributed by atoms with Gasteiger partial charge >= 0.3 is 6.18 Å². The summed E-state index contributed by atoms with van der Waals surface area (Å²) < 4.78 is 36.9. The molecule has 0 spiro atoms. The summed E-state index contributed by atoms with van der Waals surface area (Å²) in [5.74, 6) is 0. The number of halogens is 4. The van der Waals surface area contributed by atoms with E-state index in [1.807, 2.05) is 0 Å². The van der Waals surface area contributed by atoms with Crippen LogP contribution >= 0.6 is 15.9 Å². The molecule has 0 bridgehead atoms. The Morgan fingerprint density at radius 3 is 2.38 bits per heavy atom. The first kappa shape index (κ1) is 10.3. The summed E-state index contributed by atoms with van der Waals surface area (Å²) in [6.45, 7) is 3.40. The van der Waals surface area contributed by atoms with E-state index in [4.69, 9.17) is 0 Å². The summed E-state index contributed by atoms with van der Waals surface area (Å²) in [5.41, 5.74) is -0.222. The second kappa shape index (κ2) is 3.54. The highest BCUT2D eigenvalue weighted by atomic mass is 79.9. The zero-order valence-corrected chi connectivity index (χ0v) is 8.11. The Morgan fingerprint density at radius 2 is 1.92 bits per heavy atom. The van der Waals surface area contributed by atoms with Crippen molar-refractivity contribution in [2.24, 2.45) is 0 Å². The Hall–Kier alpha value is -0.770. The largest absolute Gasteiger partial charge is 0.417 e. The van der Waals surface area contributed by atoms with Gasteiger partial charge in [0, 0.05) is 4.47 Å². The lowest BCUT2D eigenvalue weighted by molar-refractivity contribution is -0.138. The molecule has 0 heterocycles. The van der Waals surface area contributed by atoms with E-state index in [0.29, 0.717) is 5.56 Å². The molecule has 1 aromatic carbocycles. The van der Waals surface area contributed by atoms with E-state index in [1.165, 1.54) is 12.1 Å². The average molecular weight is 251 g/mol. The van der Waals surface area contributed by atoms with Gasteiger partial charge in [0.2, 0.25) is 0 Å². The summed E-state index contributed by atoms with van der Waals surface area (Å²) in [6.07, 6.45) is -2.94. The maximum Gasteiger partial charge on any atom is 0.417 e. The van der Waals surface area contributed by atoms with Crippen molar-refractivity contribution in [3.63, 3.8) is 0 Å². The van der Waals surface area contributed by atoms with Gasteiger partial charge in [0.05, 0.1) is 5.56 Å². The fourth-order valence-corrected chi connectivity index (χ4v) is 1.36. The van der Waals surface area contributed by atoms with E-state index < -0.39 is 11.7 Å². The Balaban J connectivity index is 3.27. The molecule has 0 aliphatic rings. The van der Waals surface area contributed by atoms with Crippen LogP contribution in [0.25, 0.3) is 6.08 Å². The normalized spacial score (nSPS) is 11.4. The van der Waals surface area contributed by atoms with Crippen LogP contribution in [0, 0.1) is 0 Å². The average Bonchev–Trinajstić information content (AvgIpc) is 2.03. The quantitative estimate of drug-likeness (QED) is 0.704. The predicted molar refractivity (Wildman–Crippen MR) is 49.2 cm³/mol. The monoisotopic (exact) mass is 250 g/mol. The third-order valence-electron chi connectivity index (χ3n) is 1.53. The number of alkyl halides is 3. The number of benzene rings is 1. The third-order valence-corrected chi connectivity index (χ3v) is 2.22. The minimum atomic E-state index is -4.32. The van der Waals surface area contributed by atoms with Crippen molar-refractivity contribution in [2.45, 2.75) is 6.18 Å². The maximum absolute atomic E-state index is 12.3. The van der Waals surface area contributed by atoms with Gasteiger partial charge in [-0.15, -0.1) is 0 Å². The summed E-state index contributed by atoms with van der Waals surface area (Å²) >= 11 is 2.84. The van der Waals surface area contributed by atoms with Crippen molar-refractivity contribution in [3.8, 4) is 0 Å². The molecule has 0 aliphatic carbocycles. The molecule has 13 heavy (non-hydrogen) atoms. The highest BCUT2D eigenvalue weighted by Gasteiger charge is 2.32. The molecule has 0 saturated heterocycles. The van der Waals surface area contributed by atoms with Crippen LogP contribution in [0.4, 0.5) is 13.2 Å². The Labute approximate surface area is 82.2 Å². The minimum Gasteiger partial charge on any atom is -0.166 e. The van der Waals surface area contributed by atoms with Crippen molar-refractivity contribution < 1.29 is 13.2 Å². The molecule has 1 aromatic rings. The van der Waals surface area contributed by atoms with Crippen LogP contribution in [-0.4, -0.2) is 0 Å². The van der Waals surface area contributed by atoms with Gasteiger partial charge < -0.3 is 0 Å². The van der Waals surface area contributed by atoms with E-state index in [9.17, 15) is 13.2 Å². The molecular weight excluding hydrogens is 245 g/mol. The van der Waals surface area contributed by atoms with E-state index in [0.717, 1.165) is 6.07 Å². The molecule has 0 atom stereocenters. The van der Waals surface area contributed by atoms with Gasteiger partial charge in [-0.3, -0.25) is 0 Å². The van der Waals surface area contributed by atoms with Gasteiger partial charge in [0.15, 0.2) is 0 Å². The van der Waals surface area contributed by atoms with Gasteiger partial charge in [-0.2, -0.15) is 13.2 Å². The number of hydrogen-bond acceptors (Lipinski definition) is 0. The number of rotatable bonds is 1. The second-order valence-electron chi connectivity index (χ2n) is 2.44. The molecule has 0 N–H and O–H groups in total. The van der Waals surface area contributed by atoms with Crippen LogP contribution < -0.4 is 0 Å². The van der Waals surface area contributed by atoms with E-state index >= 15 is 0 Å². The maximum atomic E-state index is 12.3. The smallest absolute Gasteiger partial charge is 0.166 e. The molecule has 0 unspecified atom stereocenters. The molecule has 0 nitrogen and oxygen atoms in total. The van der Waals surface area contributed by atoms with Crippen molar-refractivity contribution in [1.29, 1.82) is 0 Å². The summed E-state index contributed by atoms with van der Waals surface area (Å²) in [5, 5.41) is 0. The van der Waals surface area contributed by atoms with Crippen LogP contribution in [-0.2, 0) is 6.18 Å². The standard InChI is InChI=1S/C9H6BrF3/c1-2-6-3-4-8(10)7(5-6)9(11,12)13/h2-5H,1H2. The summed E-state index contributed by atoms with van der Waals surface area (Å²) in [6, 6.07) is 3.98. The van der Waals surface area contributed by atoms with Gasteiger partial charge in [0.25, 0.3) is 0 Å². The zero-order chi connectivity index (χ0) is 10.1. The molecule has 4 heteroatoms. The highest BCUT2D eigenvalue weighted by Crippen LogP contribution is 2.35. The Kier molecular flexibility index (Phi) is 2.81. The first-order chi connectivity index (χ1) is 5.95. The molecule has 1 rings (SSSR count). The summed E-state index contributed by atoms with van der Waals surface area (Å²) in [7, 11) is 0. The molecule has 0 fully saturated rings. The first-order valence-corrected chi connectivity index (χ1v) is 4.23. The molecule has 0 aromatic heterocycles. The molecule has 0 radical (unpaired) electrons. The molecule has 0 saturated carbocycles. The van der Waals surface area contributed by atoms with E-state index in [1.54, 1.807) is 6.07 Å². The Bertz CT molecular complexity index is 328. The Morgan fingerprint density at radius 1 is 1.31 bits per heavy atom. The van der Waals surface area contributed by atoms with Crippen molar-refractivity contribution in [2.75, 3.05) is 0 Å². The third kappa shape index (κ3) is 2.34. The lowest BCUT2D eigenvalue weighted by Gasteiger charge is -2.09. The van der Waals surface area contributed by atoms with Gasteiger partial charge in [-0.05, 0) is 17.7 Å². The fourth-order valence-electron chi connectivity index (χ4n) is 0.887. The van der Waals surface area contributed by atoms with E-state index in [2.05, 4.69) is 22.5 Å². The highest BCUT2D eigenvalue weighted by molar-refractivity contribution is 9.10. The summed E-state index contributed by atoms with van der Waals surface area (Å²) in [4.78, 5) is 0. The van der Waals surface area contributed by atoms with Crippen LogP contribution in [0.15, 0.2) is 29.3 Å². The zero-order valence-electron chi connectivity index (χ0n) is 6.53.